The van der Waals surface area contributed by atoms with Gasteiger partial charge in [-0.15, -0.1) is 0 Å². The van der Waals surface area contributed by atoms with Crippen molar-refractivity contribution in [2.75, 3.05) is 0 Å². The van der Waals surface area contributed by atoms with Crippen molar-refractivity contribution in [1.82, 2.24) is 0 Å². The van der Waals surface area contributed by atoms with E-state index in [4.69, 9.17) is 0 Å². The molecule has 21 heavy (non-hydrogen) atoms. The van der Waals surface area contributed by atoms with Gasteiger partial charge in [-0.3, -0.25) is 4.79 Å². The van der Waals surface area contributed by atoms with Crippen LogP contribution in [0.15, 0.2) is 12.2 Å². The molecule has 0 radical (unpaired) electrons. The molecule has 1 unspecified atom stereocenters. The topological polar surface area (TPSA) is 37.3 Å². The zero-order chi connectivity index (χ0) is 15.8. The van der Waals surface area contributed by atoms with Gasteiger partial charge in [-0.05, 0) is 56.8 Å². The van der Waals surface area contributed by atoms with Gasteiger partial charge >= 0.3 is 0 Å². The number of Topliss-reactive ketones (excluding diaryl/α,β-unsaturated/α-hetero) is 1. The van der Waals surface area contributed by atoms with E-state index in [0.29, 0.717) is 23.5 Å². The molecule has 2 aliphatic rings. The molecule has 2 aliphatic carbocycles. The molecule has 1 N–H and O–H groups in total. The molecular formula is C19H32O2. The molecule has 0 aliphatic heterocycles. The third-order valence-corrected chi connectivity index (χ3v) is 6.39. The van der Waals surface area contributed by atoms with E-state index in [0.717, 1.165) is 19.3 Å². The lowest BCUT2D eigenvalue weighted by Crippen LogP contribution is -2.39. The number of hydrogen-bond donors (Lipinski definition) is 1. The third kappa shape index (κ3) is 3.26. The summed E-state index contributed by atoms with van der Waals surface area (Å²) in [4.78, 5) is 12.2. The summed E-state index contributed by atoms with van der Waals surface area (Å²) in [6.07, 6.45) is 9.76. The van der Waals surface area contributed by atoms with Crippen LogP contribution in [0.3, 0.4) is 0 Å². The highest BCUT2D eigenvalue weighted by Crippen LogP contribution is 2.56. The number of ketones is 1. The van der Waals surface area contributed by atoms with E-state index in [1.807, 2.05) is 13.8 Å². The van der Waals surface area contributed by atoms with E-state index in [2.05, 4.69) is 32.9 Å². The fraction of sp³-hybridized carbons (Fsp3) is 0.842. The fourth-order valence-corrected chi connectivity index (χ4v) is 4.55. The first kappa shape index (κ1) is 16.7. The van der Waals surface area contributed by atoms with Gasteiger partial charge in [-0.1, -0.05) is 32.9 Å². The molecule has 0 bridgehead atoms. The summed E-state index contributed by atoms with van der Waals surface area (Å²) < 4.78 is 0. The Morgan fingerprint density at radius 3 is 2.57 bits per heavy atom. The van der Waals surface area contributed by atoms with Crippen LogP contribution in [-0.4, -0.2) is 16.5 Å². The lowest BCUT2D eigenvalue weighted by Gasteiger charge is -2.41. The minimum absolute atomic E-state index is 0.151. The van der Waals surface area contributed by atoms with Gasteiger partial charge in [-0.2, -0.15) is 0 Å². The van der Waals surface area contributed by atoms with Crippen LogP contribution in [0.2, 0.25) is 0 Å². The molecule has 0 aromatic rings. The molecule has 0 spiro atoms. The monoisotopic (exact) mass is 292 g/mol. The molecule has 2 saturated carbocycles. The average molecular weight is 292 g/mol. The largest absolute Gasteiger partial charge is 0.390 e. The summed E-state index contributed by atoms with van der Waals surface area (Å²) in [5, 5.41) is 10.0. The van der Waals surface area contributed by atoms with Gasteiger partial charge in [-0.25, -0.2) is 0 Å². The van der Waals surface area contributed by atoms with Gasteiger partial charge < -0.3 is 5.11 Å². The van der Waals surface area contributed by atoms with Crippen molar-refractivity contribution in [1.29, 1.82) is 0 Å². The number of allylic oxidation sites excluding steroid dienone is 1. The van der Waals surface area contributed by atoms with Crippen molar-refractivity contribution in [2.45, 2.75) is 72.3 Å². The molecule has 2 heteroatoms. The smallest absolute Gasteiger partial charge is 0.136 e. The van der Waals surface area contributed by atoms with Gasteiger partial charge in [0.1, 0.15) is 5.78 Å². The van der Waals surface area contributed by atoms with Crippen LogP contribution in [0.1, 0.15) is 66.7 Å². The first-order valence-corrected chi connectivity index (χ1v) is 8.59. The van der Waals surface area contributed by atoms with Crippen LogP contribution >= 0.6 is 0 Å². The second-order valence-electron chi connectivity index (χ2n) is 8.25. The molecule has 2 nitrogen and oxygen atoms in total. The number of fused-ring (bicyclic) bond motifs is 1. The molecular weight excluding hydrogens is 260 g/mol. The van der Waals surface area contributed by atoms with E-state index in [1.54, 1.807) is 0 Å². The number of aliphatic hydroxyl groups is 1. The maximum atomic E-state index is 12.2. The van der Waals surface area contributed by atoms with E-state index >= 15 is 0 Å². The summed E-state index contributed by atoms with van der Waals surface area (Å²) >= 11 is 0. The molecule has 0 heterocycles. The lowest BCUT2D eigenvalue weighted by atomic mass is 9.62. The van der Waals surface area contributed by atoms with Gasteiger partial charge in [0, 0.05) is 18.3 Å². The predicted octanol–water partition coefficient (Wildman–Crippen LogP) is 4.37. The number of hydrogen-bond acceptors (Lipinski definition) is 2. The summed E-state index contributed by atoms with van der Waals surface area (Å²) in [6.45, 7) is 10.4. The highest BCUT2D eigenvalue weighted by Gasteiger charge is 2.51. The SMILES string of the molecule is C[C@H](C=C[C@H](C)C(C)(C)O)C1CC[C@H]2C(=O)CCC[C@]12C. The Hall–Kier alpha value is -0.630. The Morgan fingerprint density at radius 1 is 1.29 bits per heavy atom. The Bertz CT molecular complexity index is 418. The molecule has 0 aromatic heterocycles. The maximum Gasteiger partial charge on any atom is 0.136 e. The minimum Gasteiger partial charge on any atom is -0.390 e. The van der Waals surface area contributed by atoms with Crippen molar-refractivity contribution in [3.63, 3.8) is 0 Å². The Morgan fingerprint density at radius 2 is 1.95 bits per heavy atom. The van der Waals surface area contributed by atoms with Crippen LogP contribution in [-0.2, 0) is 4.79 Å². The Kier molecular flexibility index (Phi) is 4.68. The average Bonchev–Trinajstić information content (AvgIpc) is 2.73. The van der Waals surface area contributed by atoms with E-state index in [-0.39, 0.29) is 11.3 Å². The van der Waals surface area contributed by atoms with Crippen molar-refractivity contribution >= 4 is 5.78 Å². The highest BCUT2D eigenvalue weighted by molar-refractivity contribution is 5.83. The van der Waals surface area contributed by atoms with E-state index in [1.165, 1.54) is 12.8 Å². The quantitative estimate of drug-likeness (QED) is 0.781. The van der Waals surface area contributed by atoms with Crippen LogP contribution in [0.4, 0.5) is 0 Å². The first-order valence-electron chi connectivity index (χ1n) is 8.59. The van der Waals surface area contributed by atoms with Crippen molar-refractivity contribution < 1.29 is 9.90 Å². The number of carbonyl (C=O) groups excluding carboxylic acids is 1. The van der Waals surface area contributed by atoms with Crippen molar-refractivity contribution in [3.8, 4) is 0 Å². The van der Waals surface area contributed by atoms with Gasteiger partial charge in [0.05, 0.1) is 5.60 Å². The van der Waals surface area contributed by atoms with Crippen LogP contribution in [0.5, 0.6) is 0 Å². The molecule has 5 atom stereocenters. The molecule has 2 fully saturated rings. The summed E-state index contributed by atoms with van der Waals surface area (Å²) in [7, 11) is 0. The first-order chi connectivity index (χ1) is 9.66. The van der Waals surface area contributed by atoms with Gasteiger partial charge in [0.2, 0.25) is 0 Å². The third-order valence-electron chi connectivity index (χ3n) is 6.39. The summed E-state index contributed by atoms with van der Waals surface area (Å²) in [5.74, 6) is 2.05. The normalized spacial score (nSPS) is 36.8. The fourth-order valence-electron chi connectivity index (χ4n) is 4.55. The van der Waals surface area contributed by atoms with E-state index < -0.39 is 5.60 Å². The Balaban J connectivity index is 2.08. The summed E-state index contributed by atoms with van der Waals surface area (Å²) in [5.41, 5.74) is -0.462. The standard InChI is InChI=1S/C19H32O2/c1-13(8-9-14(2)18(3,4)21)15-10-11-16-17(20)7-6-12-19(15,16)5/h8-9,13-16,21H,6-7,10-12H2,1-5H3/t13-,14+,15?,16+,19-/m1/s1. The van der Waals surface area contributed by atoms with E-state index in [9.17, 15) is 9.90 Å². The van der Waals surface area contributed by atoms with Crippen molar-refractivity contribution in [3.05, 3.63) is 12.2 Å². The predicted molar refractivity (Wildman–Crippen MR) is 86.9 cm³/mol. The van der Waals surface area contributed by atoms with Gasteiger partial charge in [0.25, 0.3) is 0 Å². The van der Waals surface area contributed by atoms with Crippen LogP contribution in [0, 0.1) is 29.1 Å². The van der Waals surface area contributed by atoms with Crippen molar-refractivity contribution in [2.24, 2.45) is 29.1 Å². The molecule has 120 valence electrons. The molecule has 0 amide bonds. The Labute approximate surface area is 130 Å². The molecule has 2 rings (SSSR count). The van der Waals surface area contributed by atoms with Gasteiger partial charge in [0.15, 0.2) is 0 Å². The minimum atomic E-state index is -0.668. The zero-order valence-corrected chi connectivity index (χ0v) is 14.4. The lowest BCUT2D eigenvalue weighted by molar-refractivity contribution is -0.129. The number of carbonyl (C=O) groups is 1. The molecule has 0 saturated heterocycles. The van der Waals surface area contributed by atoms with Crippen LogP contribution in [0.25, 0.3) is 0 Å². The summed E-state index contributed by atoms with van der Waals surface area (Å²) in [6, 6.07) is 0. The van der Waals surface area contributed by atoms with Crippen LogP contribution < -0.4 is 0 Å². The maximum absolute atomic E-state index is 12.2. The second kappa shape index (κ2) is 5.87. The zero-order valence-electron chi connectivity index (χ0n) is 14.4. The molecule has 0 aromatic carbocycles. The highest BCUT2D eigenvalue weighted by atomic mass is 16.3. The number of rotatable bonds is 4. The second-order valence-corrected chi connectivity index (χ2v) is 8.25.